The lowest BCUT2D eigenvalue weighted by Crippen LogP contribution is -2.11. The molecule has 2 aromatic carbocycles. The van der Waals surface area contributed by atoms with E-state index in [2.05, 4.69) is 10.5 Å². The van der Waals surface area contributed by atoms with Gasteiger partial charge in [0, 0.05) is 28.9 Å². The van der Waals surface area contributed by atoms with Gasteiger partial charge in [-0.25, -0.2) is 4.39 Å². The average molecular weight is 341 g/mol. The van der Waals surface area contributed by atoms with Crippen LogP contribution in [-0.2, 0) is 0 Å². The molecule has 1 amide bonds. The number of hydrogen-bond acceptors (Lipinski definition) is 5. The maximum Gasteiger partial charge on any atom is 0.294 e. The molecule has 0 saturated carbocycles. The van der Waals surface area contributed by atoms with E-state index in [1.807, 2.05) is 0 Å². The fourth-order valence-electron chi connectivity index (χ4n) is 2.24. The van der Waals surface area contributed by atoms with Gasteiger partial charge < -0.3 is 9.84 Å². The lowest BCUT2D eigenvalue weighted by Gasteiger charge is -2.04. The van der Waals surface area contributed by atoms with E-state index in [0.29, 0.717) is 16.8 Å². The quantitative estimate of drug-likeness (QED) is 0.572. The van der Waals surface area contributed by atoms with Crippen molar-refractivity contribution >= 4 is 17.3 Å². The number of carbonyl (C=O) groups excluding carboxylic acids is 1. The lowest BCUT2D eigenvalue weighted by atomic mass is 10.1. The third kappa shape index (κ3) is 3.52. The first kappa shape index (κ1) is 16.3. The fraction of sp³-hybridized carbons (Fsp3) is 0.0588. The van der Waals surface area contributed by atoms with Crippen molar-refractivity contribution < 1.29 is 18.6 Å². The first-order valence-corrected chi connectivity index (χ1v) is 7.23. The summed E-state index contributed by atoms with van der Waals surface area (Å²) in [6, 6.07) is 11.4. The molecule has 3 rings (SSSR count). The molecular formula is C17H12FN3O4. The van der Waals surface area contributed by atoms with Crippen LogP contribution in [0.4, 0.5) is 15.8 Å². The van der Waals surface area contributed by atoms with Crippen molar-refractivity contribution in [2.75, 3.05) is 5.32 Å². The highest BCUT2D eigenvalue weighted by molar-refractivity contribution is 6.02. The maximum absolute atomic E-state index is 13.2. The van der Waals surface area contributed by atoms with Crippen LogP contribution in [0.25, 0.3) is 11.3 Å². The summed E-state index contributed by atoms with van der Waals surface area (Å²) >= 11 is 0. The predicted octanol–water partition coefficient (Wildman–Crippen LogP) is 3.95. The number of aromatic nitrogens is 1. The van der Waals surface area contributed by atoms with Gasteiger partial charge in [0.1, 0.15) is 11.5 Å². The molecule has 0 atom stereocenters. The van der Waals surface area contributed by atoms with Crippen LogP contribution >= 0.6 is 0 Å². The van der Waals surface area contributed by atoms with Crippen molar-refractivity contribution in [3.05, 3.63) is 75.8 Å². The van der Waals surface area contributed by atoms with E-state index in [-0.39, 0.29) is 17.1 Å². The second kappa shape index (κ2) is 6.52. The molecule has 0 unspecified atom stereocenters. The molecule has 0 aliphatic rings. The first-order chi connectivity index (χ1) is 11.9. The lowest BCUT2D eigenvalue weighted by molar-refractivity contribution is -0.385. The van der Waals surface area contributed by atoms with E-state index in [9.17, 15) is 19.3 Å². The van der Waals surface area contributed by atoms with E-state index >= 15 is 0 Å². The average Bonchev–Trinajstić information content (AvgIpc) is 3.06. The van der Waals surface area contributed by atoms with E-state index in [4.69, 9.17) is 4.52 Å². The van der Waals surface area contributed by atoms with E-state index in [0.717, 1.165) is 0 Å². The van der Waals surface area contributed by atoms with Gasteiger partial charge in [0.2, 0.25) is 5.76 Å². The van der Waals surface area contributed by atoms with Crippen molar-refractivity contribution in [2.45, 2.75) is 6.92 Å². The molecule has 0 bridgehead atoms. The number of aryl methyl sites for hydroxylation is 1. The van der Waals surface area contributed by atoms with Crippen LogP contribution in [0.3, 0.4) is 0 Å². The highest BCUT2D eigenvalue weighted by Gasteiger charge is 2.17. The number of nitro benzene ring substituents is 1. The first-order valence-electron chi connectivity index (χ1n) is 7.23. The molecule has 126 valence electrons. The Bertz CT molecular complexity index is 968. The van der Waals surface area contributed by atoms with Crippen molar-refractivity contribution in [1.29, 1.82) is 0 Å². The molecular weight excluding hydrogens is 329 g/mol. The Morgan fingerprint density at radius 1 is 1.24 bits per heavy atom. The van der Waals surface area contributed by atoms with Gasteiger partial charge in [-0.2, -0.15) is 0 Å². The van der Waals surface area contributed by atoms with Gasteiger partial charge >= 0.3 is 0 Å². The van der Waals surface area contributed by atoms with Crippen LogP contribution < -0.4 is 5.32 Å². The monoisotopic (exact) mass is 341 g/mol. The SMILES string of the molecule is Cc1ccc(NC(=O)c2cc(-c3cccc(F)c3)no2)cc1[N+](=O)[O-]. The molecule has 8 heteroatoms. The molecule has 0 fully saturated rings. The maximum atomic E-state index is 13.2. The number of anilines is 1. The third-order valence-corrected chi connectivity index (χ3v) is 3.52. The Hall–Kier alpha value is -3.55. The Balaban J connectivity index is 1.81. The minimum absolute atomic E-state index is 0.0949. The van der Waals surface area contributed by atoms with Crippen molar-refractivity contribution in [3.8, 4) is 11.3 Å². The second-order valence-electron chi connectivity index (χ2n) is 5.30. The summed E-state index contributed by atoms with van der Waals surface area (Å²) in [5.41, 5.74) is 1.41. The van der Waals surface area contributed by atoms with E-state index in [1.165, 1.54) is 36.4 Å². The molecule has 1 heterocycles. The summed E-state index contributed by atoms with van der Waals surface area (Å²) in [4.78, 5) is 22.6. The molecule has 0 aliphatic heterocycles. The number of nitrogens with zero attached hydrogens (tertiary/aromatic N) is 2. The zero-order valence-corrected chi connectivity index (χ0v) is 13.0. The van der Waals surface area contributed by atoms with Crippen molar-refractivity contribution in [2.24, 2.45) is 0 Å². The largest absolute Gasteiger partial charge is 0.350 e. The molecule has 0 aliphatic carbocycles. The van der Waals surface area contributed by atoms with Gasteiger partial charge in [0.05, 0.1) is 4.92 Å². The second-order valence-corrected chi connectivity index (χ2v) is 5.30. The number of hydrogen-bond donors (Lipinski definition) is 1. The van der Waals surface area contributed by atoms with Crippen LogP contribution in [0.2, 0.25) is 0 Å². The zero-order valence-electron chi connectivity index (χ0n) is 13.0. The Labute approximate surface area is 141 Å². The number of nitro groups is 1. The van der Waals surface area contributed by atoms with E-state index < -0.39 is 16.6 Å². The molecule has 3 aromatic rings. The van der Waals surface area contributed by atoms with Crippen LogP contribution in [-0.4, -0.2) is 16.0 Å². The highest BCUT2D eigenvalue weighted by Crippen LogP contribution is 2.24. The van der Waals surface area contributed by atoms with E-state index in [1.54, 1.807) is 19.1 Å². The van der Waals surface area contributed by atoms with Gasteiger partial charge in [-0.05, 0) is 25.1 Å². The van der Waals surface area contributed by atoms with Crippen LogP contribution in [0.5, 0.6) is 0 Å². The number of carbonyl (C=O) groups is 1. The minimum Gasteiger partial charge on any atom is -0.350 e. The molecule has 1 N–H and O–H groups in total. The standard InChI is InChI=1S/C17H12FN3O4/c1-10-5-6-13(8-15(10)21(23)24)19-17(22)16-9-14(20-25-16)11-3-2-4-12(18)7-11/h2-9H,1H3,(H,19,22). The number of nitrogens with one attached hydrogen (secondary N) is 1. The van der Waals surface area contributed by atoms with Gasteiger partial charge in [0.25, 0.3) is 11.6 Å². The molecule has 0 spiro atoms. The highest BCUT2D eigenvalue weighted by atomic mass is 19.1. The molecule has 25 heavy (non-hydrogen) atoms. The third-order valence-electron chi connectivity index (χ3n) is 3.52. The predicted molar refractivity (Wildman–Crippen MR) is 87.7 cm³/mol. The van der Waals surface area contributed by atoms with Crippen molar-refractivity contribution in [3.63, 3.8) is 0 Å². The van der Waals surface area contributed by atoms with Crippen molar-refractivity contribution in [1.82, 2.24) is 5.16 Å². The summed E-state index contributed by atoms with van der Waals surface area (Å²) in [6.07, 6.45) is 0. The topological polar surface area (TPSA) is 98.3 Å². The van der Waals surface area contributed by atoms with Crippen LogP contribution in [0, 0.1) is 22.9 Å². The minimum atomic E-state index is -0.617. The number of amides is 1. The number of rotatable bonds is 4. The summed E-state index contributed by atoms with van der Waals surface area (Å²) in [6.45, 7) is 1.60. The van der Waals surface area contributed by atoms with Gasteiger partial charge in [0.15, 0.2) is 0 Å². The van der Waals surface area contributed by atoms with Crippen LogP contribution in [0.15, 0.2) is 53.1 Å². The fourth-order valence-corrected chi connectivity index (χ4v) is 2.24. The summed E-state index contributed by atoms with van der Waals surface area (Å²) in [7, 11) is 0. The summed E-state index contributed by atoms with van der Waals surface area (Å²) < 4.78 is 18.2. The summed E-state index contributed by atoms with van der Waals surface area (Å²) in [5.74, 6) is -1.14. The van der Waals surface area contributed by atoms with Gasteiger partial charge in [-0.1, -0.05) is 23.4 Å². The Kier molecular flexibility index (Phi) is 4.25. The van der Waals surface area contributed by atoms with Crippen LogP contribution in [0.1, 0.15) is 16.1 Å². The Morgan fingerprint density at radius 2 is 2.04 bits per heavy atom. The number of benzene rings is 2. The molecule has 7 nitrogen and oxygen atoms in total. The zero-order chi connectivity index (χ0) is 18.0. The number of halogens is 1. The molecule has 0 saturated heterocycles. The smallest absolute Gasteiger partial charge is 0.294 e. The Morgan fingerprint density at radius 3 is 2.76 bits per heavy atom. The van der Waals surface area contributed by atoms with Gasteiger partial charge in [-0.3, -0.25) is 14.9 Å². The molecule has 0 radical (unpaired) electrons. The normalized spacial score (nSPS) is 10.5. The molecule has 1 aromatic heterocycles. The van der Waals surface area contributed by atoms with Gasteiger partial charge in [-0.15, -0.1) is 0 Å². The summed E-state index contributed by atoms with van der Waals surface area (Å²) in [5, 5.41) is 17.2.